The van der Waals surface area contributed by atoms with Crippen LogP contribution < -0.4 is 11.2 Å². The molecule has 1 aliphatic rings. The maximum atomic E-state index is 13.4. The van der Waals surface area contributed by atoms with Gasteiger partial charge in [-0.3, -0.25) is 19.1 Å². The number of rotatable bonds is 9. The fraction of sp³-hybridized carbons (Fsp3) is 0.538. The van der Waals surface area contributed by atoms with Crippen molar-refractivity contribution < 1.29 is 9.18 Å². The number of H-pyrrole nitrogens is 1. The number of aromatic nitrogens is 4. The van der Waals surface area contributed by atoms with Crippen molar-refractivity contribution in [3.63, 3.8) is 0 Å². The summed E-state index contributed by atoms with van der Waals surface area (Å²) in [6, 6.07) is 6.30. The van der Waals surface area contributed by atoms with E-state index in [0.29, 0.717) is 43.0 Å². The third-order valence-electron chi connectivity index (χ3n) is 6.64. The zero-order valence-corrected chi connectivity index (χ0v) is 20.7. The van der Waals surface area contributed by atoms with E-state index in [1.807, 2.05) is 16.4 Å². The number of imidazole rings is 1. The topological polar surface area (TPSA) is 93.0 Å². The molecule has 1 aromatic carbocycles. The second-order valence-electron chi connectivity index (χ2n) is 9.77. The number of amides is 1. The lowest BCUT2D eigenvalue weighted by Gasteiger charge is -2.25. The van der Waals surface area contributed by atoms with E-state index in [9.17, 15) is 18.8 Å². The summed E-state index contributed by atoms with van der Waals surface area (Å²) in [6.45, 7) is 7.86. The number of carbonyl (C=O) groups excluding carboxylic acids is 1. The highest BCUT2D eigenvalue weighted by molar-refractivity contribution is 5.77. The van der Waals surface area contributed by atoms with Gasteiger partial charge in [0.2, 0.25) is 5.91 Å². The first-order valence-electron chi connectivity index (χ1n) is 12.6. The number of aryl methyl sites for hydroxylation is 2. The Kier molecular flexibility index (Phi) is 7.52. The monoisotopic (exact) mass is 483 g/mol. The maximum absolute atomic E-state index is 13.4. The van der Waals surface area contributed by atoms with Gasteiger partial charge in [-0.05, 0) is 42.9 Å². The molecule has 188 valence electrons. The van der Waals surface area contributed by atoms with Crippen LogP contribution in [-0.4, -0.2) is 36.5 Å². The summed E-state index contributed by atoms with van der Waals surface area (Å²) in [5.74, 6) is 0.609. The molecule has 3 aromatic rings. The van der Waals surface area contributed by atoms with Crippen molar-refractivity contribution in [3.8, 4) is 0 Å². The molecular weight excluding hydrogens is 449 g/mol. The molecule has 0 radical (unpaired) electrons. The molecule has 9 heteroatoms. The largest absolute Gasteiger partial charge is 0.336 e. The minimum absolute atomic E-state index is 0.0114. The summed E-state index contributed by atoms with van der Waals surface area (Å²) >= 11 is 0. The van der Waals surface area contributed by atoms with Crippen molar-refractivity contribution in [1.82, 2.24) is 24.0 Å². The molecule has 0 saturated carbocycles. The van der Waals surface area contributed by atoms with Gasteiger partial charge in [0.1, 0.15) is 11.6 Å². The molecule has 0 unspecified atom stereocenters. The van der Waals surface area contributed by atoms with E-state index in [1.165, 1.54) is 16.7 Å². The number of aromatic amines is 1. The summed E-state index contributed by atoms with van der Waals surface area (Å²) in [5.41, 5.74) is 0.824. The van der Waals surface area contributed by atoms with Crippen LogP contribution in [0.25, 0.3) is 11.2 Å². The number of likely N-dealkylation sites (tertiary alicyclic amines) is 1. The normalized spacial score (nSPS) is 16.0. The number of hydrogen-bond acceptors (Lipinski definition) is 4. The van der Waals surface area contributed by atoms with Gasteiger partial charge in [0.25, 0.3) is 5.56 Å². The zero-order valence-electron chi connectivity index (χ0n) is 20.7. The van der Waals surface area contributed by atoms with Gasteiger partial charge in [-0.25, -0.2) is 14.2 Å². The number of fused-ring (bicyclic) bond motifs is 1. The molecule has 8 nitrogen and oxygen atoms in total. The van der Waals surface area contributed by atoms with Gasteiger partial charge >= 0.3 is 5.69 Å². The Balaban J connectivity index is 1.62. The maximum Gasteiger partial charge on any atom is 0.330 e. The molecule has 35 heavy (non-hydrogen) atoms. The minimum atomic E-state index is -0.452. The number of nitrogens with zero attached hydrogens (tertiary/aromatic N) is 4. The Morgan fingerprint density at radius 1 is 1.20 bits per heavy atom. The first kappa shape index (κ1) is 24.9. The van der Waals surface area contributed by atoms with Crippen molar-refractivity contribution in [3.05, 3.63) is 62.3 Å². The summed E-state index contributed by atoms with van der Waals surface area (Å²) < 4.78 is 16.8. The van der Waals surface area contributed by atoms with Crippen LogP contribution in [0.1, 0.15) is 70.3 Å². The van der Waals surface area contributed by atoms with E-state index in [4.69, 9.17) is 4.98 Å². The van der Waals surface area contributed by atoms with Crippen LogP contribution in [0.2, 0.25) is 0 Å². The van der Waals surface area contributed by atoms with E-state index < -0.39 is 11.2 Å². The van der Waals surface area contributed by atoms with Crippen molar-refractivity contribution in [2.24, 2.45) is 5.92 Å². The third kappa shape index (κ3) is 5.23. The van der Waals surface area contributed by atoms with Gasteiger partial charge in [0, 0.05) is 32.5 Å². The minimum Gasteiger partial charge on any atom is -0.336 e. The fourth-order valence-electron chi connectivity index (χ4n) is 4.95. The molecule has 0 aliphatic carbocycles. The van der Waals surface area contributed by atoms with Gasteiger partial charge in [0.05, 0.1) is 6.04 Å². The quantitative estimate of drug-likeness (QED) is 0.501. The number of halogens is 1. The van der Waals surface area contributed by atoms with Crippen LogP contribution in [0.5, 0.6) is 0 Å². The standard InChI is InChI=1S/C26H34FN5O3/c1-4-5-14-31-24-23(25(34)29-26(31)35)32(16-17(2)3)21(28-24)12-13-22(33)30-15-6-7-20(30)18-8-10-19(27)11-9-18/h8-11,17,20H,4-7,12-16H2,1-3H3,(H,29,34,35)/t20-/m0/s1. The Labute approximate surface area is 203 Å². The molecule has 2 aromatic heterocycles. The Morgan fingerprint density at radius 2 is 1.94 bits per heavy atom. The molecule has 0 bridgehead atoms. The van der Waals surface area contributed by atoms with Gasteiger partial charge in [-0.15, -0.1) is 0 Å². The number of nitrogens with one attached hydrogen (secondary N) is 1. The van der Waals surface area contributed by atoms with Gasteiger partial charge in [-0.2, -0.15) is 0 Å². The Morgan fingerprint density at radius 3 is 2.63 bits per heavy atom. The third-order valence-corrected chi connectivity index (χ3v) is 6.64. The zero-order chi connectivity index (χ0) is 25.1. The SMILES string of the molecule is CCCCn1c(=O)[nH]c(=O)c2c1nc(CCC(=O)N1CCC[C@H]1c1ccc(F)cc1)n2CC(C)C. The lowest BCUT2D eigenvalue weighted by Crippen LogP contribution is -2.31. The summed E-state index contributed by atoms with van der Waals surface area (Å²) in [6.07, 6.45) is 4.07. The van der Waals surface area contributed by atoms with Crippen LogP contribution in [0, 0.1) is 11.7 Å². The second-order valence-corrected chi connectivity index (χ2v) is 9.77. The fourth-order valence-corrected chi connectivity index (χ4v) is 4.95. The molecule has 1 N–H and O–H groups in total. The second kappa shape index (κ2) is 10.6. The van der Waals surface area contributed by atoms with Crippen molar-refractivity contribution >= 4 is 17.1 Å². The van der Waals surface area contributed by atoms with E-state index in [1.54, 1.807) is 12.1 Å². The predicted molar refractivity (Wildman–Crippen MR) is 133 cm³/mol. The van der Waals surface area contributed by atoms with Crippen LogP contribution >= 0.6 is 0 Å². The average molecular weight is 484 g/mol. The van der Waals surface area contributed by atoms with Gasteiger partial charge in [-0.1, -0.05) is 39.3 Å². The highest BCUT2D eigenvalue weighted by Gasteiger charge is 2.30. The number of carbonyl (C=O) groups is 1. The molecule has 0 spiro atoms. The molecule has 3 heterocycles. The van der Waals surface area contributed by atoms with Crippen molar-refractivity contribution in [1.29, 1.82) is 0 Å². The summed E-state index contributed by atoms with van der Waals surface area (Å²) in [7, 11) is 0. The van der Waals surface area contributed by atoms with Crippen LogP contribution in [-0.2, 0) is 24.3 Å². The lowest BCUT2D eigenvalue weighted by atomic mass is 10.0. The lowest BCUT2D eigenvalue weighted by molar-refractivity contribution is -0.132. The first-order valence-corrected chi connectivity index (χ1v) is 12.6. The van der Waals surface area contributed by atoms with Crippen LogP contribution in [0.4, 0.5) is 4.39 Å². The molecule has 4 rings (SSSR count). The molecule has 1 atom stereocenters. The highest BCUT2D eigenvalue weighted by atomic mass is 19.1. The number of hydrogen-bond donors (Lipinski definition) is 1. The molecule has 1 fully saturated rings. The van der Waals surface area contributed by atoms with Crippen LogP contribution in [0.3, 0.4) is 0 Å². The van der Waals surface area contributed by atoms with E-state index in [-0.39, 0.29) is 30.1 Å². The summed E-state index contributed by atoms with van der Waals surface area (Å²) in [5, 5.41) is 0. The van der Waals surface area contributed by atoms with E-state index in [0.717, 1.165) is 31.2 Å². The molecule has 1 amide bonds. The van der Waals surface area contributed by atoms with E-state index in [2.05, 4.69) is 18.8 Å². The highest BCUT2D eigenvalue weighted by Crippen LogP contribution is 2.32. The first-order chi connectivity index (χ1) is 16.8. The van der Waals surface area contributed by atoms with Gasteiger partial charge in [0.15, 0.2) is 11.2 Å². The van der Waals surface area contributed by atoms with Crippen LogP contribution in [0.15, 0.2) is 33.9 Å². The number of benzene rings is 1. The summed E-state index contributed by atoms with van der Waals surface area (Å²) in [4.78, 5) is 47.6. The van der Waals surface area contributed by atoms with Crippen molar-refractivity contribution in [2.75, 3.05) is 6.54 Å². The molecular formula is C26H34FN5O3. The van der Waals surface area contributed by atoms with Crippen molar-refractivity contribution in [2.45, 2.75) is 78.4 Å². The Hall–Kier alpha value is -3.23. The van der Waals surface area contributed by atoms with E-state index >= 15 is 0 Å². The number of unbranched alkanes of at least 4 members (excludes halogenated alkanes) is 1. The Bertz CT molecular complexity index is 1310. The molecule has 1 aliphatic heterocycles. The van der Waals surface area contributed by atoms with Gasteiger partial charge < -0.3 is 9.47 Å². The predicted octanol–water partition coefficient (Wildman–Crippen LogP) is 3.78. The molecule has 1 saturated heterocycles. The smallest absolute Gasteiger partial charge is 0.330 e. The average Bonchev–Trinajstić information content (AvgIpc) is 3.43.